The third kappa shape index (κ3) is 6.05. The van der Waals surface area contributed by atoms with Crippen LogP contribution in [0.15, 0.2) is 47.4 Å². The van der Waals surface area contributed by atoms with Crippen molar-refractivity contribution in [3.63, 3.8) is 0 Å². The molecule has 2 heterocycles. The van der Waals surface area contributed by atoms with Gasteiger partial charge < -0.3 is 10.0 Å². The zero-order valence-corrected chi connectivity index (χ0v) is 23.0. The number of piperazine rings is 1. The number of aryl methyl sites for hydroxylation is 2. The molecular formula is C28H36N4O4S. The molecule has 1 aromatic heterocycles. The van der Waals surface area contributed by atoms with Gasteiger partial charge in [-0.25, -0.2) is 18.2 Å². The number of anilines is 2. The fourth-order valence-corrected chi connectivity index (χ4v) is 6.43. The average Bonchev–Trinajstić information content (AvgIpc) is 2.82. The van der Waals surface area contributed by atoms with Crippen molar-refractivity contribution in [2.75, 3.05) is 35.8 Å². The first-order chi connectivity index (χ1) is 17.4. The van der Waals surface area contributed by atoms with Gasteiger partial charge in [0.2, 0.25) is 0 Å². The van der Waals surface area contributed by atoms with Crippen LogP contribution in [-0.4, -0.2) is 61.6 Å². The molecule has 1 atom stereocenters. The lowest BCUT2D eigenvalue weighted by atomic mass is 10.0. The molecule has 198 valence electrons. The van der Waals surface area contributed by atoms with Crippen molar-refractivity contribution in [2.45, 2.75) is 52.0 Å². The van der Waals surface area contributed by atoms with Crippen LogP contribution < -0.4 is 9.62 Å². The van der Waals surface area contributed by atoms with Crippen LogP contribution in [0, 0.1) is 19.8 Å². The van der Waals surface area contributed by atoms with Crippen LogP contribution in [0.4, 0.5) is 11.5 Å². The van der Waals surface area contributed by atoms with Crippen molar-refractivity contribution in [1.82, 2.24) is 9.88 Å². The highest BCUT2D eigenvalue weighted by atomic mass is 32.2. The van der Waals surface area contributed by atoms with E-state index >= 15 is 0 Å². The number of aromatic nitrogens is 1. The maximum atomic E-state index is 13.0. The second-order valence-corrected chi connectivity index (χ2v) is 12.1. The molecule has 9 heteroatoms. The Balaban J connectivity index is 1.59. The zero-order chi connectivity index (χ0) is 26.9. The molecule has 1 aliphatic heterocycles. The highest BCUT2D eigenvalue weighted by Crippen LogP contribution is 2.29. The first-order valence-electron chi connectivity index (χ1n) is 12.7. The van der Waals surface area contributed by atoms with Gasteiger partial charge in [-0.1, -0.05) is 31.5 Å². The number of nitrogens with zero attached hydrogens (tertiary/aromatic N) is 3. The fraction of sp³-hybridized carbons (Fsp3) is 0.429. The van der Waals surface area contributed by atoms with Crippen LogP contribution in [0.25, 0.3) is 10.9 Å². The maximum Gasteiger partial charge on any atom is 0.336 e. The minimum absolute atomic E-state index is 0.100. The molecule has 2 N–H and O–H groups in total. The average molecular weight is 525 g/mol. The van der Waals surface area contributed by atoms with Crippen molar-refractivity contribution in [1.29, 1.82) is 0 Å². The monoisotopic (exact) mass is 524 g/mol. The fourth-order valence-electron chi connectivity index (χ4n) is 5.15. The lowest BCUT2D eigenvalue weighted by Crippen LogP contribution is -2.50. The summed E-state index contributed by atoms with van der Waals surface area (Å²) < 4.78 is 28.7. The number of pyridine rings is 1. The lowest BCUT2D eigenvalue weighted by Gasteiger charge is -2.39. The van der Waals surface area contributed by atoms with Gasteiger partial charge in [0.15, 0.2) is 0 Å². The molecule has 2 aromatic carbocycles. The molecule has 0 bridgehead atoms. The summed E-state index contributed by atoms with van der Waals surface area (Å²) in [6, 6.07) is 12.1. The van der Waals surface area contributed by atoms with Gasteiger partial charge >= 0.3 is 5.97 Å². The Hall–Kier alpha value is -3.17. The Kier molecular flexibility index (Phi) is 7.75. The number of carbonyl (C=O) groups is 1. The summed E-state index contributed by atoms with van der Waals surface area (Å²) >= 11 is 0. The number of benzene rings is 2. The second-order valence-electron chi connectivity index (χ2n) is 10.4. The van der Waals surface area contributed by atoms with E-state index in [1.54, 1.807) is 43.3 Å². The van der Waals surface area contributed by atoms with Crippen molar-refractivity contribution in [3.8, 4) is 0 Å². The zero-order valence-electron chi connectivity index (χ0n) is 22.2. The Morgan fingerprint density at radius 3 is 2.35 bits per heavy atom. The first-order valence-corrected chi connectivity index (χ1v) is 14.2. The van der Waals surface area contributed by atoms with E-state index in [0.717, 1.165) is 38.2 Å². The molecule has 0 spiro atoms. The normalized spacial score (nSPS) is 15.8. The predicted molar refractivity (Wildman–Crippen MR) is 148 cm³/mol. The molecule has 4 rings (SSSR count). The summed E-state index contributed by atoms with van der Waals surface area (Å²) in [5, 5.41) is 10.4. The van der Waals surface area contributed by atoms with Crippen molar-refractivity contribution < 1.29 is 18.3 Å². The third-order valence-electron chi connectivity index (χ3n) is 6.97. The lowest BCUT2D eigenvalue weighted by molar-refractivity contribution is 0.0699. The molecule has 0 amide bonds. The number of hydrogen-bond acceptors (Lipinski definition) is 6. The molecule has 0 unspecified atom stereocenters. The number of sulfonamides is 1. The molecule has 1 fully saturated rings. The quantitative estimate of drug-likeness (QED) is 0.432. The number of fused-ring (bicyclic) bond motifs is 1. The maximum absolute atomic E-state index is 13.0. The summed E-state index contributed by atoms with van der Waals surface area (Å²) in [4.78, 5) is 21.7. The van der Waals surface area contributed by atoms with Gasteiger partial charge in [0.05, 0.1) is 16.0 Å². The van der Waals surface area contributed by atoms with E-state index in [0.29, 0.717) is 34.2 Å². The number of rotatable bonds is 8. The topological polar surface area (TPSA) is 103 Å². The van der Waals surface area contributed by atoms with Crippen molar-refractivity contribution >= 4 is 38.4 Å². The van der Waals surface area contributed by atoms with E-state index in [1.165, 1.54) is 0 Å². The molecular weight excluding hydrogens is 488 g/mol. The van der Waals surface area contributed by atoms with Crippen LogP contribution in [0.3, 0.4) is 0 Å². The van der Waals surface area contributed by atoms with E-state index in [-0.39, 0.29) is 16.1 Å². The molecule has 0 saturated carbocycles. The Morgan fingerprint density at radius 2 is 1.73 bits per heavy atom. The van der Waals surface area contributed by atoms with Gasteiger partial charge in [-0.3, -0.25) is 9.62 Å². The van der Waals surface area contributed by atoms with Gasteiger partial charge in [-0.05, 0) is 69.0 Å². The standard InChI is InChI=1S/C28H36N4O4S/c1-18(2)14-21(5)31-10-12-32(13-11-31)27-17-24(28(33)34)23-16-22(7-8-25(23)29-27)30-37(35,36)26-9-6-19(3)15-20(26)4/h6-9,15-18,21,30H,10-14H2,1-5H3,(H,33,34)/t21-/m1/s1. The van der Waals surface area contributed by atoms with E-state index < -0.39 is 16.0 Å². The number of carboxylic acids is 1. The minimum Gasteiger partial charge on any atom is -0.478 e. The predicted octanol–water partition coefficient (Wildman–Crippen LogP) is 4.91. The summed E-state index contributed by atoms with van der Waals surface area (Å²) in [5.74, 6) is 0.195. The van der Waals surface area contributed by atoms with Gasteiger partial charge in [0, 0.05) is 43.3 Å². The highest BCUT2D eigenvalue weighted by Gasteiger charge is 2.24. The van der Waals surface area contributed by atoms with Crippen LogP contribution in [-0.2, 0) is 10.0 Å². The SMILES string of the molecule is Cc1ccc(S(=O)(=O)Nc2ccc3nc(N4CCN([C@H](C)CC(C)C)CC4)cc(C(=O)O)c3c2)c(C)c1. The summed E-state index contributed by atoms with van der Waals surface area (Å²) in [6.45, 7) is 13.7. The Labute approximate surface area is 219 Å². The first kappa shape index (κ1) is 26.9. The number of nitrogens with one attached hydrogen (secondary N) is 1. The molecule has 37 heavy (non-hydrogen) atoms. The minimum atomic E-state index is -3.84. The molecule has 1 aliphatic rings. The molecule has 1 saturated heterocycles. The van der Waals surface area contributed by atoms with Gasteiger partial charge in [-0.2, -0.15) is 0 Å². The molecule has 0 aliphatic carbocycles. The van der Waals surface area contributed by atoms with Crippen molar-refractivity contribution in [3.05, 3.63) is 59.2 Å². The second kappa shape index (κ2) is 10.7. The van der Waals surface area contributed by atoms with Gasteiger partial charge in [-0.15, -0.1) is 0 Å². The van der Waals surface area contributed by atoms with Crippen LogP contribution >= 0.6 is 0 Å². The number of aromatic carboxylic acids is 1. The number of carboxylic acid groups (broad SMARTS) is 1. The van der Waals surface area contributed by atoms with E-state index in [1.807, 2.05) is 13.0 Å². The third-order valence-corrected chi connectivity index (χ3v) is 8.51. The largest absolute Gasteiger partial charge is 0.478 e. The summed E-state index contributed by atoms with van der Waals surface area (Å²) in [7, 11) is -3.84. The van der Waals surface area contributed by atoms with E-state index in [2.05, 4.69) is 35.3 Å². The smallest absolute Gasteiger partial charge is 0.336 e. The van der Waals surface area contributed by atoms with Crippen LogP contribution in [0.5, 0.6) is 0 Å². The Bertz CT molecular complexity index is 1410. The summed E-state index contributed by atoms with van der Waals surface area (Å²) in [5.41, 5.74) is 2.52. The molecule has 3 aromatic rings. The number of hydrogen-bond donors (Lipinski definition) is 2. The van der Waals surface area contributed by atoms with Crippen molar-refractivity contribution in [2.24, 2.45) is 5.92 Å². The summed E-state index contributed by atoms with van der Waals surface area (Å²) in [6.07, 6.45) is 1.15. The van der Waals surface area contributed by atoms with Gasteiger partial charge in [0.25, 0.3) is 10.0 Å². The molecule has 0 radical (unpaired) electrons. The van der Waals surface area contributed by atoms with Crippen LogP contribution in [0.1, 0.15) is 48.7 Å². The van der Waals surface area contributed by atoms with Crippen LogP contribution in [0.2, 0.25) is 0 Å². The molecule has 8 nitrogen and oxygen atoms in total. The highest BCUT2D eigenvalue weighted by molar-refractivity contribution is 7.92. The van der Waals surface area contributed by atoms with E-state index in [9.17, 15) is 18.3 Å². The van der Waals surface area contributed by atoms with E-state index in [4.69, 9.17) is 4.98 Å². The Morgan fingerprint density at radius 1 is 1.03 bits per heavy atom. The van der Waals surface area contributed by atoms with Gasteiger partial charge in [0.1, 0.15) is 5.82 Å².